The second kappa shape index (κ2) is 11.5. The summed E-state index contributed by atoms with van der Waals surface area (Å²) in [5.74, 6) is 12.7. The van der Waals surface area contributed by atoms with Gasteiger partial charge < -0.3 is 20.3 Å². The van der Waals surface area contributed by atoms with Gasteiger partial charge in [0.05, 0.1) is 13.0 Å². The highest BCUT2D eigenvalue weighted by Crippen LogP contribution is 2.33. The lowest BCUT2D eigenvalue weighted by Crippen LogP contribution is -2.34. The van der Waals surface area contributed by atoms with Gasteiger partial charge in [-0.25, -0.2) is 5.43 Å². The topological polar surface area (TPSA) is 109 Å². The molecule has 1 fully saturated rings. The Balaban J connectivity index is 1.84. The van der Waals surface area contributed by atoms with Crippen LogP contribution in [-0.2, 0) is 9.53 Å². The third kappa shape index (κ3) is 6.68. The molecule has 1 saturated carbocycles. The number of nitrogens with one attached hydrogen (secondary N) is 3. The fourth-order valence-corrected chi connectivity index (χ4v) is 3.90. The molecule has 2 amide bonds. The van der Waals surface area contributed by atoms with Crippen LogP contribution < -0.4 is 26.8 Å². The number of hydrogen-bond donors (Lipinski definition) is 4. The zero-order valence-corrected chi connectivity index (χ0v) is 20.3. The van der Waals surface area contributed by atoms with Crippen molar-refractivity contribution in [2.45, 2.75) is 30.6 Å². The first-order valence-corrected chi connectivity index (χ1v) is 11.9. The van der Waals surface area contributed by atoms with E-state index in [0.29, 0.717) is 39.9 Å². The number of halogens is 1. The number of nitrogens with two attached hydrogens (primary N) is 1. The van der Waals surface area contributed by atoms with Gasteiger partial charge in [-0.3, -0.25) is 15.4 Å². The fraction of sp³-hybridized carbons (Fsp3) is 0.391. The first kappa shape index (κ1) is 25.0. The Bertz CT molecular complexity index is 1030. The Labute approximate surface area is 203 Å². The maximum atomic E-state index is 13.1. The number of anilines is 1. The van der Waals surface area contributed by atoms with Gasteiger partial charge >= 0.3 is 0 Å². The summed E-state index contributed by atoms with van der Waals surface area (Å²) in [4.78, 5) is 26.5. The lowest BCUT2D eigenvalue weighted by Gasteiger charge is -2.23. The molecule has 2 unspecified atom stereocenters. The van der Waals surface area contributed by atoms with Crippen LogP contribution in [0.25, 0.3) is 5.57 Å². The molecule has 33 heavy (non-hydrogen) atoms. The second-order valence-corrected chi connectivity index (χ2v) is 9.16. The van der Waals surface area contributed by atoms with Crippen molar-refractivity contribution >= 4 is 46.4 Å². The Morgan fingerprint density at radius 3 is 2.82 bits per heavy atom. The Kier molecular flexibility index (Phi) is 8.69. The summed E-state index contributed by atoms with van der Waals surface area (Å²) in [6, 6.07) is 5.20. The normalized spacial score (nSPS) is 18.0. The van der Waals surface area contributed by atoms with Crippen LogP contribution in [-0.4, -0.2) is 42.7 Å². The molecule has 3 rings (SSSR count). The molecule has 1 heterocycles. The van der Waals surface area contributed by atoms with Crippen molar-refractivity contribution in [1.82, 2.24) is 16.1 Å². The highest BCUT2D eigenvalue weighted by molar-refractivity contribution is 8.00. The summed E-state index contributed by atoms with van der Waals surface area (Å²) in [6.45, 7) is 1.48. The third-order valence-corrected chi connectivity index (χ3v) is 6.35. The number of amides is 2. The van der Waals surface area contributed by atoms with Gasteiger partial charge in [0, 0.05) is 48.5 Å². The number of hydrazine groups is 1. The molecule has 2 aliphatic rings. The molecule has 0 radical (unpaired) electrons. The number of benzene rings is 1. The molecule has 1 aromatic carbocycles. The van der Waals surface area contributed by atoms with Gasteiger partial charge in [0.2, 0.25) is 5.91 Å². The van der Waals surface area contributed by atoms with E-state index in [2.05, 4.69) is 27.9 Å². The molecule has 1 aromatic rings. The summed E-state index contributed by atoms with van der Waals surface area (Å²) in [7, 11) is 3.22. The molecule has 0 spiro atoms. The summed E-state index contributed by atoms with van der Waals surface area (Å²) in [6.07, 6.45) is 5.69. The van der Waals surface area contributed by atoms with Crippen LogP contribution in [0.4, 0.5) is 5.69 Å². The van der Waals surface area contributed by atoms with Gasteiger partial charge in [-0.05, 0) is 37.1 Å². The van der Waals surface area contributed by atoms with Gasteiger partial charge in [0.25, 0.3) is 5.91 Å². The van der Waals surface area contributed by atoms with Crippen molar-refractivity contribution in [3.8, 4) is 11.8 Å². The molecule has 8 nitrogen and oxygen atoms in total. The van der Waals surface area contributed by atoms with Crippen molar-refractivity contribution in [3.05, 3.63) is 47.4 Å². The molecule has 2 atom stereocenters. The molecule has 1 aliphatic heterocycles. The Morgan fingerprint density at radius 2 is 2.18 bits per heavy atom. The molecule has 5 N–H and O–H groups in total. The number of rotatable bonds is 8. The molecular formula is C23H28ClN5O3S. The van der Waals surface area contributed by atoms with Crippen molar-refractivity contribution in [1.29, 1.82) is 0 Å². The average Bonchev–Trinajstić information content (AvgIpc) is 3.64. The number of alkyl halides is 1. The van der Waals surface area contributed by atoms with Crippen LogP contribution in [0.1, 0.15) is 35.7 Å². The SMILES string of the molecule is COC1=CNC(Cl)C=C1c1cc(N(C)C(C)=O)ccc1C(=O)NCSC(C#CC1CC1)NN. The molecule has 0 saturated heterocycles. The standard InChI is InChI=1S/C23H28ClN5O3S/c1-14(30)29(2)16-7-8-17(18(10-16)19-11-21(24)26-12-20(19)32-3)23(31)27-13-33-22(28-25)9-6-15-4-5-15/h7-8,10-12,15,21-22,26,28H,4-5,13,25H2,1-3H3,(H,27,31). The van der Waals surface area contributed by atoms with Crippen LogP contribution in [0, 0.1) is 17.8 Å². The van der Waals surface area contributed by atoms with Crippen LogP contribution in [0.5, 0.6) is 0 Å². The van der Waals surface area contributed by atoms with E-state index in [-0.39, 0.29) is 17.2 Å². The van der Waals surface area contributed by atoms with Gasteiger partial charge in [0.15, 0.2) is 0 Å². The molecule has 0 bridgehead atoms. The molecule has 0 aromatic heterocycles. The second-order valence-electron chi connectivity index (χ2n) is 7.60. The van der Waals surface area contributed by atoms with E-state index >= 15 is 0 Å². The highest BCUT2D eigenvalue weighted by Gasteiger charge is 2.23. The van der Waals surface area contributed by atoms with E-state index in [1.165, 1.54) is 23.6 Å². The first-order valence-electron chi connectivity index (χ1n) is 10.5. The third-order valence-electron chi connectivity index (χ3n) is 5.20. The quantitative estimate of drug-likeness (QED) is 0.111. The minimum Gasteiger partial charge on any atom is -0.495 e. The number of methoxy groups -OCH3 is 1. The Hall–Kier alpha value is -2.64. The Morgan fingerprint density at radius 1 is 1.42 bits per heavy atom. The maximum Gasteiger partial charge on any atom is 0.252 e. The number of thioether (sulfide) groups is 1. The van der Waals surface area contributed by atoms with E-state index in [1.54, 1.807) is 44.6 Å². The summed E-state index contributed by atoms with van der Waals surface area (Å²) >= 11 is 7.67. The van der Waals surface area contributed by atoms with E-state index in [9.17, 15) is 9.59 Å². The van der Waals surface area contributed by atoms with Gasteiger partial charge in [0.1, 0.15) is 16.6 Å². The zero-order valence-electron chi connectivity index (χ0n) is 18.8. The van der Waals surface area contributed by atoms with Crippen LogP contribution >= 0.6 is 23.4 Å². The smallest absolute Gasteiger partial charge is 0.252 e. The zero-order chi connectivity index (χ0) is 24.0. The van der Waals surface area contributed by atoms with E-state index in [4.69, 9.17) is 22.2 Å². The largest absolute Gasteiger partial charge is 0.495 e. The molecule has 176 valence electrons. The first-order chi connectivity index (χ1) is 15.8. The lowest BCUT2D eigenvalue weighted by molar-refractivity contribution is -0.116. The number of carbonyl (C=O) groups is 2. The number of nitrogens with zero attached hydrogens (tertiary/aromatic N) is 1. The molecule has 10 heteroatoms. The van der Waals surface area contributed by atoms with Crippen molar-refractivity contribution in [3.63, 3.8) is 0 Å². The van der Waals surface area contributed by atoms with E-state index in [0.717, 1.165) is 12.8 Å². The monoisotopic (exact) mass is 489 g/mol. The highest BCUT2D eigenvalue weighted by atomic mass is 35.5. The predicted molar refractivity (Wildman–Crippen MR) is 133 cm³/mol. The number of hydrogen-bond acceptors (Lipinski definition) is 7. The lowest BCUT2D eigenvalue weighted by atomic mass is 9.95. The summed E-state index contributed by atoms with van der Waals surface area (Å²) in [5, 5.41) is 5.60. The average molecular weight is 490 g/mol. The molecular weight excluding hydrogens is 462 g/mol. The number of dihydropyridines is 1. The molecule has 1 aliphatic carbocycles. The summed E-state index contributed by atoms with van der Waals surface area (Å²) < 4.78 is 5.49. The minimum absolute atomic E-state index is 0.126. The maximum absolute atomic E-state index is 13.1. The fourth-order valence-electron chi connectivity index (χ4n) is 3.08. The summed E-state index contributed by atoms with van der Waals surface area (Å²) in [5.41, 5.74) is 4.52. The predicted octanol–water partition coefficient (Wildman–Crippen LogP) is 2.33. The number of ether oxygens (including phenoxy) is 1. The van der Waals surface area contributed by atoms with Crippen molar-refractivity contribution in [2.24, 2.45) is 11.8 Å². The minimum atomic E-state index is -0.471. The number of allylic oxidation sites excluding steroid dienone is 1. The van der Waals surface area contributed by atoms with Gasteiger partial charge in [-0.1, -0.05) is 23.4 Å². The number of carbonyl (C=O) groups excluding carboxylic acids is 2. The van der Waals surface area contributed by atoms with Gasteiger partial charge in [-0.15, -0.1) is 11.8 Å². The van der Waals surface area contributed by atoms with Crippen molar-refractivity contribution in [2.75, 3.05) is 24.9 Å². The van der Waals surface area contributed by atoms with Crippen molar-refractivity contribution < 1.29 is 14.3 Å². The van der Waals surface area contributed by atoms with Crippen LogP contribution in [0.15, 0.2) is 36.2 Å². The van der Waals surface area contributed by atoms with Crippen LogP contribution in [0.3, 0.4) is 0 Å². The van der Waals surface area contributed by atoms with E-state index in [1.807, 2.05) is 0 Å². The van der Waals surface area contributed by atoms with Gasteiger partial charge in [-0.2, -0.15) is 0 Å². The van der Waals surface area contributed by atoms with E-state index < -0.39 is 5.50 Å². The van der Waals surface area contributed by atoms with Crippen LogP contribution in [0.2, 0.25) is 0 Å².